The molecule has 2 aromatic carbocycles. The van der Waals surface area contributed by atoms with Crippen molar-refractivity contribution in [3.05, 3.63) is 71.9 Å². The molecule has 1 unspecified atom stereocenters. The fourth-order valence-electron chi connectivity index (χ4n) is 6.97. The molecular formula is C40H48ClN5O9S. The number of methoxy groups -OCH3 is 1. The molecule has 3 aromatic rings. The van der Waals surface area contributed by atoms with Crippen LogP contribution in [0.25, 0.3) is 10.8 Å². The van der Waals surface area contributed by atoms with Crippen molar-refractivity contribution < 1.29 is 41.8 Å². The lowest BCUT2D eigenvalue weighted by Crippen LogP contribution is -2.58. The van der Waals surface area contributed by atoms with Crippen molar-refractivity contribution in [1.29, 1.82) is 0 Å². The number of hydrogen-bond acceptors (Lipinski definition) is 11. The lowest BCUT2D eigenvalue weighted by Gasteiger charge is -2.36. The van der Waals surface area contributed by atoms with Gasteiger partial charge in [0.25, 0.3) is 5.91 Å². The van der Waals surface area contributed by atoms with Crippen molar-refractivity contribution >= 4 is 61.8 Å². The summed E-state index contributed by atoms with van der Waals surface area (Å²) in [6.07, 6.45) is 2.99. The molecule has 2 saturated carbocycles. The number of hydrogen-bond donors (Lipinski definition) is 3. The van der Waals surface area contributed by atoms with Crippen LogP contribution in [0.1, 0.15) is 70.7 Å². The van der Waals surface area contributed by atoms with Gasteiger partial charge in [0.2, 0.25) is 27.7 Å². The van der Waals surface area contributed by atoms with Crippen LogP contribution in [0.15, 0.2) is 61.3 Å². The minimum Gasteiger partial charge on any atom is -0.494 e. The standard InChI is InChI=1S/C40H48ClN5O9S/c1-8-24-19-40(24,38(50)45-56(51,52)28-13-14-28)44-34(47)31-18-27(55-35-30-17-25(41)12-15-29(30)32(53-7)20-42-35)21-46(31)36(48)33(39(4,5)6)43-26-11-9-10-23(16-26)37(49)54-22(2)3/h8-12,15-17,20,22,24,27-28,31,33,43H,1,13-14,18-19,21H2,2-7H3,(H,44,47)(H,45,50)/t24-,27-,31+,33?,40-/m1/s1. The number of carbonyl (C=O) groups excluding carboxylic acids is 4. The highest BCUT2D eigenvalue weighted by atomic mass is 35.5. The fourth-order valence-corrected chi connectivity index (χ4v) is 8.51. The number of rotatable bonds is 14. The highest BCUT2D eigenvalue weighted by Gasteiger charge is 2.62. The minimum atomic E-state index is -3.91. The van der Waals surface area contributed by atoms with Crippen molar-refractivity contribution in [2.45, 2.75) is 95.4 Å². The van der Waals surface area contributed by atoms with Gasteiger partial charge in [-0.25, -0.2) is 18.2 Å². The first-order chi connectivity index (χ1) is 26.4. The molecule has 2 heterocycles. The van der Waals surface area contributed by atoms with Gasteiger partial charge in [0.05, 0.1) is 36.8 Å². The van der Waals surface area contributed by atoms with Crippen LogP contribution >= 0.6 is 11.6 Å². The van der Waals surface area contributed by atoms with E-state index < -0.39 is 74.0 Å². The zero-order valence-corrected chi connectivity index (χ0v) is 33.8. The summed E-state index contributed by atoms with van der Waals surface area (Å²) in [7, 11) is -2.39. The zero-order chi connectivity index (χ0) is 40.7. The fraction of sp³-hybridized carbons (Fsp3) is 0.475. The molecule has 3 amide bonds. The van der Waals surface area contributed by atoms with E-state index in [9.17, 15) is 27.6 Å². The minimum absolute atomic E-state index is 0.0115. The molecular weight excluding hydrogens is 762 g/mol. The average molecular weight is 810 g/mol. The molecule has 3 fully saturated rings. The monoisotopic (exact) mass is 809 g/mol. The molecule has 56 heavy (non-hydrogen) atoms. The third-order valence-electron chi connectivity index (χ3n) is 10.2. The lowest BCUT2D eigenvalue weighted by molar-refractivity contribution is -0.141. The number of aromatic nitrogens is 1. The van der Waals surface area contributed by atoms with Gasteiger partial charge in [-0.1, -0.05) is 44.5 Å². The van der Waals surface area contributed by atoms with Gasteiger partial charge in [-0.15, -0.1) is 6.58 Å². The van der Waals surface area contributed by atoms with E-state index in [0.29, 0.717) is 45.6 Å². The van der Waals surface area contributed by atoms with E-state index in [0.717, 1.165) is 0 Å². The molecule has 0 bridgehead atoms. The predicted molar refractivity (Wildman–Crippen MR) is 211 cm³/mol. The molecule has 3 N–H and O–H groups in total. The summed E-state index contributed by atoms with van der Waals surface area (Å²) in [5.41, 5.74) is -1.51. The number of amides is 3. The Labute approximate surface area is 331 Å². The number of likely N-dealkylation sites (tertiary alicyclic amines) is 1. The third kappa shape index (κ3) is 8.58. The van der Waals surface area contributed by atoms with Gasteiger partial charge in [-0.05, 0) is 74.9 Å². The molecule has 1 aromatic heterocycles. The summed E-state index contributed by atoms with van der Waals surface area (Å²) in [5.74, 6) is -2.28. The van der Waals surface area contributed by atoms with Crippen LogP contribution in [0.5, 0.6) is 11.6 Å². The van der Waals surface area contributed by atoms with Crippen LogP contribution in [-0.4, -0.2) is 90.7 Å². The molecule has 0 spiro atoms. The molecule has 16 heteroatoms. The van der Waals surface area contributed by atoms with E-state index in [1.165, 1.54) is 24.3 Å². The number of pyridine rings is 1. The number of nitrogens with zero attached hydrogens (tertiary/aromatic N) is 2. The van der Waals surface area contributed by atoms with Crippen molar-refractivity contribution in [3.8, 4) is 11.6 Å². The molecule has 3 aliphatic rings. The van der Waals surface area contributed by atoms with Crippen LogP contribution in [0.3, 0.4) is 0 Å². The number of fused-ring (bicyclic) bond motifs is 1. The highest BCUT2D eigenvalue weighted by Crippen LogP contribution is 2.46. The predicted octanol–water partition coefficient (Wildman–Crippen LogP) is 5.01. The van der Waals surface area contributed by atoms with E-state index in [1.54, 1.807) is 56.3 Å². The first-order valence-electron chi connectivity index (χ1n) is 18.5. The summed E-state index contributed by atoms with van der Waals surface area (Å²) in [4.78, 5) is 61.4. The van der Waals surface area contributed by atoms with Gasteiger partial charge in [-0.2, -0.15) is 0 Å². The first kappa shape index (κ1) is 40.8. The van der Waals surface area contributed by atoms with Crippen LogP contribution < -0.4 is 24.8 Å². The maximum Gasteiger partial charge on any atom is 0.338 e. The van der Waals surface area contributed by atoms with Crippen LogP contribution in [-0.2, 0) is 29.1 Å². The molecule has 6 rings (SSSR count). The van der Waals surface area contributed by atoms with Gasteiger partial charge in [0.15, 0.2) is 0 Å². The van der Waals surface area contributed by atoms with Crippen LogP contribution in [0.4, 0.5) is 5.69 Å². The van der Waals surface area contributed by atoms with E-state index in [-0.39, 0.29) is 31.4 Å². The van der Waals surface area contributed by atoms with Gasteiger partial charge in [0, 0.05) is 33.8 Å². The number of benzene rings is 2. The topological polar surface area (TPSA) is 182 Å². The average Bonchev–Trinajstić information content (AvgIpc) is 4.06. The zero-order valence-electron chi connectivity index (χ0n) is 32.3. The number of sulfonamides is 1. The molecule has 1 aliphatic heterocycles. The second-order valence-electron chi connectivity index (χ2n) is 16.0. The number of nitrogens with one attached hydrogen (secondary N) is 3. The summed E-state index contributed by atoms with van der Waals surface area (Å²) < 4.78 is 45.0. The second-order valence-corrected chi connectivity index (χ2v) is 18.4. The maximum atomic E-state index is 14.8. The summed E-state index contributed by atoms with van der Waals surface area (Å²) >= 11 is 6.36. The number of esters is 1. The molecule has 1 saturated heterocycles. The largest absolute Gasteiger partial charge is 0.494 e. The molecule has 2 aliphatic carbocycles. The maximum absolute atomic E-state index is 14.8. The Bertz CT molecular complexity index is 2170. The van der Waals surface area contributed by atoms with Crippen molar-refractivity contribution in [2.75, 3.05) is 19.0 Å². The van der Waals surface area contributed by atoms with E-state index in [1.807, 2.05) is 20.8 Å². The van der Waals surface area contributed by atoms with E-state index >= 15 is 0 Å². The Morgan fingerprint density at radius 1 is 1.09 bits per heavy atom. The molecule has 300 valence electrons. The summed E-state index contributed by atoms with van der Waals surface area (Å²) in [6, 6.07) is 9.74. The van der Waals surface area contributed by atoms with Gasteiger partial charge >= 0.3 is 5.97 Å². The van der Waals surface area contributed by atoms with Crippen LogP contribution in [0.2, 0.25) is 5.02 Å². The highest BCUT2D eigenvalue weighted by molar-refractivity contribution is 7.91. The van der Waals surface area contributed by atoms with Crippen molar-refractivity contribution in [2.24, 2.45) is 11.3 Å². The Hall–Kier alpha value is -4.89. The van der Waals surface area contributed by atoms with Gasteiger partial charge in [0.1, 0.15) is 29.5 Å². The molecule has 14 nitrogen and oxygen atoms in total. The Morgan fingerprint density at radius 3 is 2.45 bits per heavy atom. The third-order valence-corrected chi connectivity index (χ3v) is 12.3. The van der Waals surface area contributed by atoms with Crippen molar-refractivity contribution in [1.82, 2.24) is 19.9 Å². The van der Waals surface area contributed by atoms with Crippen LogP contribution in [0, 0.1) is 11.3 Å². The van der Waals surface area contributed by atoms with E-state index in [2.05, 4.69) is 26.9 Å². The van der Waals surface area contributed by atoms with E-state index in [4.69, 9.17) is 25.8 Å². The molecule has 0 radical (unpaired) electrons. The van der Waals surface area contributed by atoms with Gasteiger partial charge < -0.3 is 29.7 Å². The lowest BCUT2D eigenvalue weighted by atomic mass is 9.85. The number of carbonyl (C=O) groups is 4. The number of anilines is 1. The first-order valence-corrected chi connectivity index (χ1v) is 20.5. The molecule has 5 atom stereocenters. The summed E-state index contributed by atoms with van der Waals surface area (Å²) in [5, 5.41) is 7.15. The summed E-state index contributed by atoms with van der Waals surface area (Å²) in [6.45, 7) is 12.9. The second kappa shape index (κ2) is 15.6. The Kier molecular flexibility index (Phi) is 11.3. The number of ether oxygens (including phenoxy) is 3. The normalized spacial score (nSPS) is 22.6. The van der Waals surface area contributed by atoms with Gasteiger partial charge in [-0.3, -0.25) is 19.1 Å². The smallest absolute Gasteiger partial charge is 0.338 e. The Morgan fingerprint density at radius 2 is 1.82 bits per heavy atom. The number of halogens is 1. The quantitative estimate of drug-likeness (QED) is 0.147. The Balaban J connectivity index is 1.32. The SMILES string of the molecule is C=C[C@@H]1C[C@]1(NC(=O)[C@@H]1C[C@@H](Oc2ncc(OC)c3ccc(Cl)cc23)CN1C(=O)C(Nc1cccc(C(=O)OC(C)C)c1)C(C)(C)C)C(=O)NS(=O)(=O)C1CC1. The van der Waals surface area contributed by atoms with Crippen molar-refractivity contribution in [3.63, 3.8) is 0 Å².